The van der Waals surface area contributed by atoms with Crippen molar-refractivity contribution < 1.29 is 18.3 Å². The van der Waals surface area contributed by atoms with Gasteiger partial charge in [0.25, 0.3) is 0 Å². The average molecular weight is 310 g/mol. The number of benzene rings is 1. The molecule has 0 amide bonds. The van der Waals surface area contributed by atoms with Crippen molar-refractivity contribution in [1.29, 1.82) is 0 Å². The molecule has 1 saturated heterocycles. The highest BCUT2D eigenvalue weighted by molar-refractivity contribution is 5.84. The van der Waals surface area contributed by atoms with Crippen molar-refractivity contribution in [1.82, 2.24) is 9.88 Å². The number of nitrogens with zero attached hydrogens (tertiary/aromatic N) is 1. The Kier molecular flexibility index (Phi) is 4.59. The fourth-order valence-electron chi connectivity index (χ4n) is 2.92. The molecule has 1 N–H and O–H groups in total. The SMILES string of the molecule is COc1ccc2[nH]cc(CCN3CCC3COC(F)F)c2c1. The summed E-state index contributed by atoms with van der Waals surface area (Å²) in [4.78, 5) is 5.45. The van der Waals surface area contributed by atoms with Gasteiger partial charge in [0.2, 0.25) is 0 Å². The van der Waals surface area contributed by atoms with Crippen LogP contribution in [0.4, 0.5) is 8.78 Å². The van der Waals surface area contributed by atoms with E-state index in [1.54, 1.807) is 7.11 Å². The number of rotatable bonds is 7. The zero-order valence-corrected chi connectivity index (χ0v) is 12.5. The van der Waals surface area contributed by atoms with Gasteiger partial charge in [0.15, 0.2) is 0 Å². The number of nitrogens with one attached hydrogen (secondary N) is 1. The molecule has 1 aromatic carbocycles. The van der Waals surface area contributed by atoms with Gasteiger partial charge in [0.05, 0.1) is 13.7 Å². The summed E-state index contributed by atoms with van der Waals surface area (Å²) in [5, 5.41) is 1.15. The lowest BCUT2D eigenvalue weighted by Crippen LogP contribution is -2.51. The summed E-state index contributed by atoms with van der Waals surface area (Å²) < 4.78 is 33.8. The smallest absolute Gasteiger partial charge is 0.345 e. The highest BCUT2D eigenvalue weighted by Crippen LogP contribution is 2.25. The molecule has 0 radical (unpaired) electrons. The zero-order chi connectivity index (χ0) is 15.5. The van der Waals surface area contributed by atoms with Gasteiger partial charge < -0.3 is 14.5 Å². The molecule has 1 unspecified atom stereocenters. The number of hydrogen-bond donors (Lipinski definition) is 1. The predicted molar refractivity (Wildman–Crippen MR) is 80.5 cm³/mol. The molecular formula is C16H20F2N2O2. The first-order valence-electron chi connectivity index (χ1n) is 7.45. The lowest BCUT2D eigenvalue weighted by Gasteiger charge is -2.40. The Balaban J connectivity index is 1.59. The van der Waals surface area contributed by atoms with Crippen LogP contribution < -0.4 is 4.74 Å². The number of aromatic nitrogens is 1. The van der Waals surface area contributed by atoms with Gasteiger partial charge in [-0.25, -0.2) is 0 Å². The summed E-state index contributed by atoms with van der Waals surface area (Å²) in [5.74, 6) is 0.834. The molecule has 1 atom stereocenters. The molecule has 1 aliphatic rings. The van der Waals surface area contributed by atoms with Crippen molar-refractivity contribution in [3.05, 3.63) is 30.0 Å². The predicted octanol–water partition coefficient (Wildman–Crippen LogP) is 3.03. The summed E-state index contributed by atoms with van der Waals surface area (Å²) >= 11 is 0. The summed E-state index contributed by atoms with van der Waals surface area (Å²) in [5.41, 5.74) is 2.30. The Bertz CT molecular complexity index is 630. The fourth-order valence-corrected chi connectivity index (χ4v) is 2.92. The Morgan fingerprint density at radius 3 is 2.95 bits per heavy atom. The molecule has 0 saturated carbocycles. The third-order valence-corrected chi connectivity index (χ3v) is 4.32. The molecule has 0 spiro atoms. The molecular weight excluding hydrogens is 290 g/mol. The number of ether oxygens (including phenoxy) is 2. The van der Waals surface area contributed by atoms with Gasteiger partial charge in [-0.05, 0) is 36.6 Å². The van der Waals surface area contributed by atoms with E-state index in [0.29, 0.717) is 0 Å². The van der Waals surface area contributed by atoms with Crippen LogP contribution in [0.15, 0.2) is 24.4 Å². The Morgan fingerprint density at radius 2 is 2.27 bits per heavy atom. The molecule has 6 heteroatoms. The normalized spacial score (nSPS) is 18.8. The van der Waals surface area contributed by atoms with Crippen LogP contribution in [0.25, 0.3) is 10.9 Å². The van der Waals surface area contributed by atoms with E-state index < -0.39 is 6.61 Å². The molecule has 4 nitrogen and oxygen atoms in total. The first kappa shape index (κ1) is 15.2. The maximum Gasteiger partial charge on any atom is 0.345 e. The highest BCUT2D eigenvalue weighted by Gasteiger charge is 2.28. The number of alkyl halides is 2. The van der Waals surface area contributed by atoms with E-state index in [0.717, 1.165) is 42.6 Å². The molecule has 1 fully saturated rings. The minimum Gasteiger partial charge on any atom is -0.497 e. The molecule has 3 rings (SSSR count). The Morgan fingerprint density at radius 1 is 1.41 bits per heavy atom. The van der Waals surface area contributed by atoms with Gasteiger partial charge in [-0.15, -0.1) is 0 Å². The van der Waals surface area contributed by atoms with Crippen molar-refractivity contribution in [2.24, 2.45) is 0 Å². The molecule has 22 heavy (non-hydrogen) atoms. The second kappa shape index (κ2) is 6.62. The van der Waals surface area contributed by atoms with E-state index in [2.05, 4.69) is 14.6 Å². The van der Waals surface area contributed by atoms with Crippen LogP contribution in [0.3, 0.4) is 0 Å². The third-order valence-electron chi connectivity index (χ3n) is 4.32. The van der Waals surface area contributed by atoms with E-state index >= 15 is 0 Å². The summed E-state index contributed by atoms with van der Waals surface area (Å²) in [6.45, 7) is -0.771. The lowest BCUT2D eigenvalue weighted by molar-refractivity contribution is -0.150. The number of methoxy groups -OCH3 is 1. The molecule has 120 valence electrons. The zero-order valence-electron chi connectivity index (χ0n) is 12.5. The van der Waals surface area contributed by atoms with Crippen LogP contribution in [0.2, 0.25) is 0 Å². The van der Waals surface area contributed by atoms with Crippen molar-refractivity contribution in [2.75, 3.05) is 26.8 Å². The number of H-pyrrole nitrogens is 1. The largest absolute Gasteiger partial charge is 0.497 e. The van der Waals surface area contributed by atoms with Crippen LogP contribution >= 0.6 is 0 Å². The Hall–Kier alpha value is -1.66. The number of halogens is 2. The molecule has 0 aliphatic carbocycles. The number of aromatic amines is 1. The van der Waals surface area contributed by atoms with Gasteiger partial charge in [0, 0.05) is 36.2 Å². The van der Waals surface area contributed by atoms with Crippen molar-refractivity contribution in [3.63, 3.8) is 0 Å². The number of likely N-dealkylation sites (tertiary alicyclic amines) is 1. The minimum atomic E-state index is -2.68. The van der Waals surface area contributed by atoms with E-state index in [1.165, 1.54) is 5.56 Å². The monoisotopic (exact) mass is 310 g/mol. The fraction of sp³-hybridized carbons (Fsp3) is 0.500. The van der Waals surface area contributed by atoms with E-state index in [1.807, 2.05) is 24.4 Å². The maximum absolute atomic E-state index is 12.1. The first-order valence-corrected chi connectivity index (χ1v) is 7.45. The van der Waals surface area contributed by atoms with Crippen LogP contribution in [0.1, 0.15) is 12.0 Å². The second-order valence-electron chi connectivity index (χ2n) is 5.55. The Labute approximate surface area is 128 Å². The van der Waals surface area contributed by atoms with E-state index in [-0.39, 0.29) is 12.6 Å². The van der Waals surface area contributed by atoms with Crippen molar-refractivity contribution >= 4 is 10.9 Å². The van der Waals surface area contributed by atoms with Gasteiger partial charge in [-0.3, -0.25) is 4.90 Å². The van der Waals surface area contributed by atoms with Crippen molar-refractivity contribution in [3.8, 4) is 5.75 Å². The standard InChI is InChI=1S/C16H20F2N2O2/c1-21-13-2-3-15-14(8-13)11(9-19-15)4-6-20-7-5-12(20)10-22-16(17)18/h2-3,8-9,12,16,19H,4-7,10H2,1H3. The van der Waals surface area contributed by atoms with E-state index in [4.69, 9.17) is 4.74 Å². The summed E-state index contributed by atoms with van der Waals surface area (Å²) in [7, 11) is 1.65. The van der Waals surface area contributed by atoms with Crippen LogP contribution in [0.5, 0.6) is 5.75 Å². The maximum atomic E-state index is 12.1. The van der Waals surface area contributed by atoms with Crippen LogP contribution in [0, 0.1) is 0 Å². The molecule has 0 bridgehead atoms. The van der Waals surface area contributed by atoms with Crippen molar-refractivity contribution in [2.45, 2.75) is 25.5 Å². The average Bonchev–Trinajstić information content (AvgIpc) is 2.88. The molecule has 2 aromatic rings. The van der Waals surface area contributed by atoms with E-state index in [9.17, 15) is 8.78 Å². The molecule has 2 heterocycles. The third kappa shape index (κ3) is 3.23. The van der Waals surface area contributed by atoms with Crippen LogP contribution in [-0.4, -0.2) is 49.3 Å². The lowest BCUT2D eigenvalue weighted by atomic mass is 10.0. The van der Waals surface area contributed by atoms with Crippen LogP contribution in [-0.2, 0) is 11.2 Å². The molecule has 1 aromatic heterocycles. The van der Waals surface area contributed by atoms with Gasteiger partial charge in [-0.1, -0.05) is 0 Å². The first-order chi connectivity index (χ1) is 10.7. The highest BCUT2D eigenvalue weighted by atomic mass is 19.3. The van der Waals surface area contributed by atoms with Gasteiger partial charge in [-0.2, -0.15) is 8.78 Å². The molecule has 1 aliphatic heterocycles. The van der Waals surface area contributed by atoms with Gasteiger partial charge >= 0.3 is 6.61 Å². The second-order valence-corrected chi connectivity index (χ2v) is 5.55. The topological polar surface area (TPSA) is 37.5 Å². The number of hydrogen-bond acceptors (Lipinski definition) is 3. The minimum absolute atomic E-state index is 0.110. The summed E-state index contributed by atoms with van der Waals surface area (Å²) in [6.07, 6.45) is 3.81. The number of fused-ring (bicyclic) bond motifs is 1. The quantitative estimate of drug-likeness (QED) is 0.854. The summed E-state index contributed by atoms with van der Waals surface area (Å²) in [6, 6.07) is 6.07. The van der Waals surface area contributed by atoms with Gasteiger partial charge in [0.1, 0.15) is 5.75 Å².